The third-order valence-electron chi connectivity index (χ3n) is 5.24. The fraction of sp³-hybridized carbons (Fsp3) is 0.200. The Morgan fingerprint density at radius 3 is 2.59 bits per heavy atom. The quantitative estimate of drug-likeness (QED) is 0.560. The minimum absolute atomic E-state index is 0.215. The summed E-state index contributed by atoms with van der Waals surface area (Å²) in [6, 6.07) is 20.4. The molecule has 1 amide bonds. The smallest absolute Gasteiger partial charge is 0.337 e. The van der Waals surface area contributed by atoms with Crippen LogP contribution in [-0.4, -0.2) is 40.8 Å². The van der Waals surface area contributed by atoms with E-state index in [0.29, 0.717) is 23.5 Å². The molecule has 0 saturated heterocycles. The van der Waals surface area contributed by atoms with Gasteiger partial charge in [-0.15, -0.1) is 0 Å². The first kappa shape index (κ1) is 21.2. The molecule has 0 radical (unpaired) electrons. The average molecular weight is 429 g/mol. The molecule has 1 aliphatic rings. The predicted octanol–water partition coefficient (Wildman–Crippen LogP) is 3.51. The number of carbonyl (C=O) groups is 2. The summed E-state index contributed by atoms with van der Waals surface area (Å²) in [5.74, 6) is -0.301. The number of benzene rings is 2. The van der Waals surface area contributed by atoms with Gasteiger partial charge in [0, 0.05) is 12.6 Å². The molecule has 7 nitrogen and oxygen atoms in total. The summed E-state index contributed by atoms with van der Waals surface area (Å²) in [7, 11) is 1.34. The number of aryl methyl sites for hydroxylation is 1. The van der Waals surface area contributed by atoms with E-state index in [9.17, 15) is 9.59 Å². The van der Waals surface area contributed by atoms with Crippen molar-refractivity contribution in [2.24, 2.45) is 5.16 Å². The zero-order valence-corrected chi connectivity index (χ0v) is 17.9. The highest BCUT2D eigenvalue weighted by Gasteiger charge is 2.36. The van der Waals surface area contributed by atoms with Gasteiger partial charge in [0.25, 0.3) is 5.91 Å². The lowest BCUT2D eigenvalue weighted by atomic mass is 10.0. The van der Waals surface area contributed by atoms with Gasteiger partial charge in [-0.2, -0.15) is 0 Å². The highest BCUT2D eigenvalue weighted by atomic mass is 16.6. The number of aromatic nitrogens is 1. The van der Waals surface area contributed by atoms with Crippen LogP contribution in [0.2, 0.25) is 0 Å². The van der Waals surface area contributed by atoms with Crippen LogP contribution in [0.15, 0.2) is 78.1 Å². The molecule has 1 aliphatic heterocycles. The van der Waals surface area contributed by atoms with E-state index in [1.807, 2.05) is 55.5 Å². The molecule has 1 aromatic heterocycles. The average Bonchev–Trinajstić information content (AvgIpc) is 2.82. The van der Waals surface area contributed by atoms with Gasteiger partial charge in [0.05, 0.1) is 19.2 Å². The van der Waals surface area contributed by atoms with Gasteiger partial charge < -0.3 is 9.57 Å². The number of amides is 1. The SMILES string of the molecule is COC(=O)c1cccc(CN2C(=O)C(Cc3ccccc3)ON=C2c2ncccc2C)c1. The second-order valence-corrected chi connectivity index (χ2v) is 7.48. The van der Waals surface area contributed by atoms with Gasteiger partial charge in [-0.1, -0.05) is 53.7 Å². The van der Waals surface area contributed by atoms with Crippen LogP contribution in [0.3, 0.4) is 0 Å². The lowest BCUT2D eigenvalue weighted by molar-refractivity contribution is -0.143. The van der Waals surface area contributed by atoms with Crippen molar-refractivity contribution in [2.75, 3.05) is 7.11 Å². The van der Waals surface area contributed by atoms with Crippen molar-refractivity contribution in [3.63, 3.8) is 0 Å². The number of nitrogens with zero attached hydrogens (tertiary/aromatic N) is 3. The van der Waals surface area contributed by atoms with E-state index in [4.69, 9.17) is 9.57 Å². The molecule has 0 aliphatic carbocycles. The Morgan fingerprint density at radius 1 is 1.06 bits per heavy atom. The summed E-state index contributed by atoms with van der Waals surface area (Å²) >= 11 is 0. The summed E-state index contributed by atoms with van der Waals surface area (Å²) in [5.41, 5.74) is 3.61. The Labute approximate surface area is 186 Å². The lowest BCUT2D eigenvalue weighted by Gasteiger charge is -2.31. The van der Waals surface area contributed by atoms with Crippen molar-refractivity contribution in [3.8, 4) is 0 Å². The van der Waals surface area contributed by atoms with E-state index >= 15 is 0 Å². The fourth-order valence-electron chi connectivity index (χ4n) is 3.58. The Morgan fingerprint density at radius 2 is 1.84 bits per heavy atom. The van der Waals surface area contributed by atoms with Gasteiger partial charge in [-0.25, -0.2) is 4.79 Å². The molecule has 162 valence electrons. The Hall–Kier alpha value is -4.00. The minimum atomic E-state index is -0.756. The zero-order chi connectivity index (χ0) is 22.5. The molecule has 0 saturated carbocycles. The summed E-state index contributed by atoms with van der Waals surface area (Å²) in [6.07, 6.45) is 1.30. The Balaban J connectivity index is 1.68. The first-order valence-corrected chi connectivity index (χ1v) is 10.2. The van der Waals surface area contributed by atoms with Crippen molar-refractivity contribution >= 4 is 17.7 Å². The van der Waals surface area contributed by atoms with Crippen LogP contribution < -0.4 is 0 Å². The monoisotopic (exact) mass is 429 g/mol. The van der Waals surface area contributed by atoms with Crippen LogP contribution in [0.4, 0.5) is 0 Å². The summed E-state index contributed by atoms with van der Waals surface area (Å²) in [6.45, 7) is 2.12. The summed E-state index contributed by atoms with van der Waals surface area (Å²) in [5, 5.41) is 4.31. The van der Waals surface area contributed by atoms with E-state index in [1.165, 1.54) is 7.11 Å². The van der Waals surface area contributed by atoms with Gasteiger partial charge in [0.15, 0.2) is 0 Å². The number of carbonyl (C=O) groups excluding carboxylic acids is 2. The predicted molar refractivity (Wildman–Crippen MR) is 119 cm³/mol. The van der Waals surface area contributed by atoms with Crippen LogP contribution in [0.5, 0.6) is 0 Å². The maximum atomic E-state index is 13.5. The first-order chi connectivity index (χ1) is 15.6. The van der Waals surface area contributed by atoms with Gasteiger partial charge in [-0.05, 0) is 41.8 Å². The number of pyridine rings is 1. The van der Waals surface area contributed by atoms with Gasteiger partial charge in [0.2, 0.25) is 11.9 Å². The lowest BCUT2D eigenvalue weighted by Crippen LogP contribution is -2.48. The van der Waals surface area contributed by atoms with Crippen LogP contribution >= 0.6 is 0 Å². The second kappa shape index (κ2) is 9.43. The summed E-state index contributed by atoms with van der Waals surface area (Å²) < 4.78 is 4.82. The largest absolute Gasteiger partial charge is 0.465 e. The van der Waals surface area contributed by atoms with E-state index in [-0.39, 0.29) is 12.5 Å². The molecular weight excluding hydrogens is 406 g/mol. The Kier molecular flexibility index (Phi) is 6.26. The number of hydrogen-bond acceptors (Lipinski definition) is 6. The van der Waals surface area contributed by atoms with Crippen molar-refractivity contribution in [3.05, 3.63) is 101 Å². The number of methoxy groups -OCH3 is 1. The number of hydrogen-bond donors (Lipinski definition) is 0. The molecule has 1 atom stereocenters. The summed E-state index contributed by atoms with van der Waals surface area (Å²) in [4.78, 5) is 37.1. The molecule has 0 N–H and O–H groups in total. The highest BCUT2D eigenvalue weighted by molar-refractivity contribution is 6.09. The number of oxime groups is 1. The molecular formula is C25H23N3O4. The molecule has 32 heavy (non-hydrogen) atoms. The number of ether oxygens (including phenoxy) is 1. The maximum absolute atomic E-state index is 13.5. The number of esters is 1. The number of rotatable bonds is 6. The zero-order valence-electron chi connectivity index (χ0n) is 17.9. The molecule has 7 heteroatoms. The van der Waals surface area contributed by atoms with Gasteiger partial charge in [0.1, 0.15) is 5.69 Å². The van der Waals surface area contributed by atoms with Crippen LogP contribution in [0, 0.1) is 6.92 Å². The standard InChI is InChI=1S/C25H23N3O4/c1-17-8-7-13-26-22(17)23-27-32-21(15-18-9-4-3-5-10-18)24(29)28(23)16-19-11-6-12-20(14-19)25(30)31-2/h3-14,21H,15-16H2,1-2H3. The normalized spacial score (nSPS) is 15.7. The molecule has 2 heterocycles. The van der Waals surface area contributed by atoms with Crippen LogP contribution in [0.25, 0.3) is 0 Å². The second-order valence-electron chi connectivity index (χ2n) is 7.48. The van der Waals surface area contributed by atoms with Crippen molar-refractivity contribution in [1.82, 2.24) is 9.88 Å². The van der Waals surface area contributed by atoms with Crippen LogP contribution in [0.1, 0.15) is 32.7 Å². The Bertz CT molecular complexity index is 1160. The van der Waals surface area contributed by atoms with Gasteiger partial charge >= 0.3 is 5.97 Å². The molecule has 3 aromatic rings. The molecule has 0 fully saturated rings. The van der Waals surface area contributed by atoms with Gasteiger partial charge in [-0.3, -0.25) is 14.7 Å². The third-order valence-corrected chi connectivity index (χ3v) is 5.24. The highest BCUT2D eigenvalue weighted by Crippen LogP contribution is 2.22. The fourth-order valence-corrected chi connectivity index (χ4v) is 3.58. The van der Waals surface area contributed by atoms with E-state index in [0.717, 1.165) is 16.7 Å². The first-order valence-electron chi connectivity index (χ1n) is 10.2. The van der Waals surface area contributed by atoms with Crippen molar-refractivity contribution in [1.29, 1.82) is 0 Å². The minimum Gasteiger partial charge on any atom is -0.465 e. The molecule has 4 rings (SSSR count). The van der Waals surface area contributed by atoms with Crippen molar-refractivity contribution < 1.29 is 19.2 Å². The molecule has 0 spiro atoms. The molecule has 2 aromatic carbocycles. The van der Waals surface area contributed by atoms with E-state index in [2.05, 4.69) is 10.1 Å². The van der Waals surface area contributed by atoms with E-state index in [1.54, 1.807) is 29.3 Å². The number of amidine groups is 1. The third kappa shape index (κ3) is 4.51. The van der Waals surface area contributed by atoms with Crippen molar-refractivity contribution in [2.45, 2.75) is 26.0 Å². The molecule has 1 unspecified atom stereocenters. The van der Waals surface area contributed by atoms with E-state index < -0.39 is 12.1 Å². The van der Waals surface area contributed by atoms with Crippen LogP contribution in [-0.2, 0) is 27.3 Å². The topological polar surface area (TPSA) is 81.1 Å². The maximum Gasteiger partial charge on any atom is 0.337 e. The molecule has 0 bridgehead atoms.